The summed E-state index contributed by atoms with van der Waals surface area (Å²) in [4.78, 5) is 44.7. The van der Waals surface area contributed by atoms with E-state index in [1.165, 1.54) is 13.2 Å². The van der Waals surface area contributed by atoms with Gasteiger partial charge in [-0.15, -0.1) is 0 Å². The second-order valence-electron chi connectivity index (χ2n) is 7.48. The van der Waals surface area contributed by atoms with E-state index in [1.807, 2.05) is 30.3 Å². The lowest BCUT2D eigenvalue weighted by atomic mass is 9.94. The van der Waals surface area contributed by atoms with Gasteiger partial charge in [0.05, 0.1) is 18.0 Å². The van der Waals surface area contributed by atoms with Gasteiger partial charge in [-0.3, -0.25) is 19.1 Å². The average molecular weight is 394 g/mol. The molecule has 4 rings (SSSR count). The molecular weight excluding hydrogens is 372 g/mol. The highest BCUT2D eigenvalue weighted by atomic mass is 16.3. The number of benzene rings is 1. The summed E-state index contributed by atoms with van der Waals surface area (Å²) in [6, 6.07) is 9.80. The summed E-state index contributed by atoms with van der Waals surface area (Å²) < 4.78 is 0.943. The Morgan fingerprint density at radius 3 is 2.83 bits per heavy atom. The number of nitrogens with one attached hydrogen (secondary N) is 1. The minimum Gasteiger partial charge on any atom is -0.391 e. The first-order valence-electron chi connectivity index (χ1n) is 9.50. The van der Waals surface area contributed by atoms with Crippen LogP contribution in [0.25, 0.3) is 10.9 Å². The third-order valence-corrected chi connectivity index (χ3v) is 5.58. The Bertz CT molecular complexity index is 1180. The fourth-order valence-electron chi connectivity index (χ4n) is 3.89. The van der Waals surface area contributed by atoms with Gasteiger partial charge in [0.25, 0.3) is 5.56 Å². The Morgan fingerprint density at radius 2 is 2.00 bits per heavy atom. The number of fused-ring (bicyclic) bond motifs is 1. The first-order valence-corrected chi connectivity index (χ1v) is 9.50. The van der Waals surface area contributed by atoms with Gasteiger partial charge in [0.1, 0.15) is 0 Å². The molecule has 1 fully saturated rings. The molecule has 0 unspecified atom stereocenters. The van der Waals surface area contributed by atoms with Crippen LogP contribution < -0.4 is 11.2 Å². The molecule has 8 nitrogen and oxygen atoms in total. The number of likely N-dealkylation sites (tertiary alicyclic amines) is 1. The summed E-state index contributed by atoms with van der Waals surface area (Å²) in [5.41, 5.74) is 1.21. The number of amides is 1. The minimum absolute atomic E-state index is 0.0943. The van der Waals surface area contributed by atoms with Crippen LogP contribution in [0.15, 0.2) is 52.3 Å². The zero-order chi connectivity index (χ0) is 20.5. The number of pyridine rings is 1. The number of para-hydroxylation sites is 1. The van der Waals surface area contributed by atoms with E-state index in [9.17, 15) is 19.5 Å². The van der Waals surface area contributed by atoms with E-state index >= 15 is 0 Å². The second kappa shape index (κ2) is 7.63. The number of hydrogen-bond acceptors (Lipinski definition) is 5. The van der Waals surface area contributed by atoms with Crippen molar-refractivity contribution < 1.29 is 9.90 Å². The molecule has 150 valence electrons. The largest absolute Gasteiger partial charge is 0.391 e. The monoisotopic (exact) mass is 394 g/mol. The van der Waals surface area contributed by atoms with Gasteiger partial charge in [0, 0.05) is 49.4 Å². The fraction of sp³-hybridized carbons (Fsp3) is 0.333. The standard InChI is InChI=1S/C21H22N4O4/c1-24-20(28)14(10-23-21(24)29)9-19(27)25-11-15(18(26)12-25)8-13-6-7-22-17-5-3-2-4-16(13)17/h2-7,10,15,18,26H,8-9,11-12H2,1H3,(H,23,29)/t15-,18-/m1/s1. The van der Waals surface area contributed by atoms with Gasteiger partial charge >= 0.3 is 5.69 Å². The van der Waals surface area contributed by atoms with Crippen molar-refractivity contribution in [1.82, 2.24) is 19.4 Å². The third-order valence-electron chi connectivity index (χ3n) is 5.58. The van der Waals surface area contributed by atoms with E-state index in [0.717, 1.165) is 21.0 Å². The molecule has 8 heteroatoms. The zero-order valence-corrected chi connectivity index (χ0v) is 16.0. The number of H-pyrrole nitrogens is 1. The van der Waals surface area contributed by atoms with Crippen molar-refractivity contribution in [2.24, 2.45) is 13.0 Å². The summed E-state index contributed by atoms with van der Waals surface area (Å²) in [5.74, 6) is -0.335. The molecule has 2 N–H and O–H groups in total. The van der Waals surface area contributed by atoms with Crippen LogP contribution in [0, 0.1) is 5.92 Å². The van der Waals surface area contributed by atoms with E-state index in [2.05, 4.69) is 9.97 Å². The van der Waals surface area contributed by atoms with Crippen LogP contribution in [0.5, 0.6) is 0 Å². The van der Waals surface area contributed by atoms with Crippen molar-refractivity contribution in [1.29, 1.82) is 0 Å². The minimum atomic E-state index is -0.635. The molecule has 2 atom stereocenters. The van der Waals surface area contributed by atoms with E-state index < -0.39 is 17.4 Å². The average Bonchev–Trinajstić information content (AvgIpc) is 3.09. The van der Waals surface area contributed by atoms with Crippen LogP contribution in [-0.2, 0) is 24.7 Å². The second-order valence-corrected chi connectivity index (χ2v) is 7.48. The molecule has 1 aliphatic heterocycles. The molecule has 0 bridgehead atoms. The van der Waals surface area contributed by atoms with Crippen molar-refractivity contribution in [3.8, 4) is 0 Å². The van der Waals surface area contributed by atoms with E-state index in [4.69, 9.17) is 0 Å². The zero-order valence-electron chi connectivity index (χ0n) is 16.0. The summed E-state index contributed by atoms with van der Waals surface area (Å²) in [6.45, 7) is 0.649. The number of rotatable bonds is 4. The topological polar surface area (TPSA) is 108 Å². The molecule has 2 aromatic heterocycles. The quantitative estimate of drug-likeness (QED) is 0.658. The highest BCUT2D eigenvalue weighted by Gasteiger charge is 2.34. The SMILES string of the molecule is Cn1c(=O)[nH]cc(CC(=O)N2C[C@@H](Cc3ccnc4ccccc34)[C@H](O)C2)c1=O. The Balaban J connectivity index is 1.48. The number of nitrogens with zero attached hydrogens (tertiary/aromatic N) is 3. The number of aromatic nitrogens is 3. The molecule has 1 aliphatic rings. The van der Waals surface area contributed by atoms with Crippen LogP contribution in [0.1, 0.15) is 11.1 Å². The van der Waals surface area contributed by atoms with Gasteiger partial charge in [-0.1, -0.05) is 18.2 Å². The normalized spacial score (nSPS) is 19.0. The van der Waals surface area contributed by atoms with Gasteiger partial charge in [-0.2, -0.15) is 0 Å². The number of aromatic amines is 1. The maximum atomic E-state index is 12.7. The smallest absolute Gasteiger partial charge is 0.328 e. The van der Waals surface area contributed by atoms with Crippen molar-refractivity contribution in [3.05, 3.63) is 74.7 Å². The van der Waals surface area contributed by atoms with Crippen LogP contribution in [0.2, 0.25) is 0 Å². The summed E-state index contributed by atoms with van der Waals surface area (Å²) >= 11 is 0. The van der Waals surface area contributed by atoms with Crippen molar-refractivity contribution in [2.75, 3.05) is 13.1 Å². The molecular formula is C21H22N4O4. The number of carbonyl (C=O) groups excluding carboxylic acids is 1. The van der Waals surface area contributed by atoms with Crippen LogP contribution >= 0.6 is 0 Å². The number of carbonyl (C=O) groups is 1. The fourth-order valence-corrected chi connectivity index (χ4v) is 3.89. The van der Waals surface area contributed by atoms with Gasteiger partial charge in [0.15, 0.2) is 0 Å². The lowest BCUT2D eigenvalue weighted by molar-refractivity contribution is -0.129. The number of β-amino-alcohol motifs (C(OH)–C–C–N with tert-alkyl or cyclic N) is 1. The summed E-state index contributed by atoms with van der Waals surface area (Å²) in [5, 5.41) is 11.6. The predicted octanol–water partition coefficient (Wildman–Crippen LogP) is 0.226. The third kappa shape index (κ3) is 3.71. The molecule has 29 heavy (non-hydrogen) atoms. The predicted molar refractivity (Wildman–Crippen MR) is 108 cm³/mol. The van der Waals surface area contributed by atoms with Gasteiger partial charge in [0.2, 0.25) is 5.91 Å². The molecule has 1 saturated heterocycles. The summed E-state index contributed by atoms with van der Waals surface area (Å²) in [6.07, 6.45) is 2.93. The van der Waals surface area contributed by atoms with Crippen LogP contribution in [0.3, 0.4) is 0 Å². The van der Waals surface area contributed by atoms with E-state index in [1.54, 1.807) is 11.1 Å². The first-order chi connectivity index (χ1) is 13.9. The molecule has 0 radical (unpaired) electrons. The van der Waals surface area contributed by atoms with Gasteiger partial charge in [-0.25, -0.2) is 4.79 Å². The van der Waals surface area contributed by atoms with Crippen LogP contribution in [0.4, 0.5) is 0 Å². The molecule has 1 amide bonds. The Hall–Kier alpha value is -3.26. The summed E-state index contributed by atoms with van der Waals surface area (Å²) in [7, 11) is 1.36. The maximum absolute atomic E-state index is 12.7. The Morgan fingerprint density at radius 1 is 1.21 bits per heavy atom. The molecule has 0 aliphatic carbocycles. The van der Waals surface area contributed by atoms with Crippen LogP contribution in [-0.4, -0.2) is 49.6 Å². The molecule has 0 spiro atoms. The van der Waals surface area contributed by atoms with Gasteiger partial charge in [-0.05, 0) is 24.1 Å². The highest BCUT2D eigenvalue weighted by Crippen LogP contribution is 2.25. The van der Waals surface area contributed by atoms with E-state index in [0.29, 0.717) is 13.0 Å². The van der Waals surface area contributed by atoms with E-state index in [-0.39, 0.29) is 30.4 Å². The highest BCUT2D eigenvalue weighted by molar-refractivity contribution is 5.82. The molecule has 1 aromatic carbocycles. The lowest BCUT2D eigenvalue weighted by Crippen LogP contribution is -2.37. The molecule has 3 heterocycles. The first kappa shape index (κ1) is 19.1. The number of aliphatic hydroxyl groups is 1. The Kier molecular flexibility index (Phi) is 5.02. The number of hydrogen-bond donors (Lipinski definition) is 2. The number of aliphatic hydroxyl groups excluding tert-OH is 1. The van der Waals surface area contributed by atoms with Crippen molar-refractivity contribution in [3.63, 3.8) is 0 Å². The van der Waals surface area contributed by atoms with Crippen molar-refractivity contribution in [2.45, 2.75) is 18.9 Å². The Labute approximate surface area is 166 Å². The molecule has 3 aromatic rings. The van der Waals surface area contributed by atoms with Gasteiger partial charge < -0.3 is 15.0 Å². The lowest BCUT2D eigenvalue weighted by Gasteiger charge is -2.16. The molecule has 0 saturated carbocycles. The van der Waals surface area contributed by atoms with Crippen molar-refractivity contribution >= 4 is 16.8 Å². The maximum Gasteiger partial charge on any atom is 0.328 e.